The van der Waals surface area contributed by atoms with E-state index in [1.807, 2.05) is 6.08 Å². The number of amides is 1. The van der Waals surface area contributed by atoms with Crippen molar-refractivity contribution in [3.8, 4) is 0 Å². The first-order valence-electron chi connectivity index (χ1n) is 12.0. The van der Waals surface area contributed by atoms with Crippen molar-refractivity contribution in [1.29, 1.82) is 0 Å². The number of nitrogens with one attached hydrogen (secondary N) is 2. The average Bonchev–Trinajstić information content (AvgIpc) is 2.61. The van der Waals surface area contributed by atoms with Gasteiger partial charge in [-0.05, 0) is 107 Å². The minimum Gasteiger partial charge on any atom is -0.383 e. The highest BCUT2D eigenvalue weighted by atomic mass is 16.1. The summed E-state index contributed by atoms with van der Waals surface area (Å²) in [6.45, 7) is 26.3. The molecule has 0 bridgehead atoms. The van der Waals surface area contributed by atoms with Gasteiger partial charge >= 0.3 is 0 Å². The fourth-order valence-corrected chi connectivity index (χ4v) is 5.81. The molecule has 0 aromatic carbocycles. The van der Waals surface area contributed by atoms with Crippen LogP contribution >= 0.6 is 0 Å². The van der Waals surface area contributed by atoms with Crippen LogP contribution in [0.25, 0.3) is 0 Å². The molecular weight excluding hydrogens is 396 g/mol. The quantitative estimate of drug-likeness (QED) is 0.463. The number of allylic oxidation sites excluding steroid dienone is 1. The lowest BCUT2D eigenvalue weighted by molar-refractivity contribution is -0.119. The number of rotatable bonds is 6. The Hall–Kier alpha value is -1.59. The number of carbonyl (C=O) groups is 1. The molecule has 0 unspecified atom stereocenters. The van der Waals surface area contributed by atoms with Crippen molar-refractivity contribution in [2.75, 3.05) is 14.1 Å². The first kappa shape index (κ1) is 26.7. The molecule has 0 aliphatic carbocycles. The fourth-order valence-electron chi connectivity index (χ4n) is 5.81. The largest absolute Gasteiger partial charge is 0.383 e. The van der Waals surface area contributed by atoms with Gasteiger partial charge in [0.2, 0.25) is 0 Å². The van der Waals surface area contributed by atoms with E-state index < -0.39 is 0 Å². The lowest BCUT2D eigenvalue weighted by Crippen LogP contribution is -2.62. The van der Waals surface area contributed by atoms with Gasteiger partial charge in [0, 0.05) is 45.5 Å². The third-order valence-corrected chi connectivity index (χ3v) is 8.12. The first-order valence-corrected chi connectivity index (χ1v) is 12.0. The van der Waals surface area contributed by atoms with Crippen molar-refractivity contribution in [3.05, 3.63) is 36.6 Å². The van der Waals surface area contributed by atoms with Crippen LogP contribution in [0.15, 0.2) is 36.6 Å². The Bertz CT molecular complexity index is 739. The van der Waals surface area contributed by atoms with Gasteiger partial charge in [0.25, 0.3) is 5.91 Å². The lowest BCUT2D eigenvalue weighted by Gasteiger charge is -2.54. The van der Waals surface area contributed by atoms with E-state index in [4.69, 9.17) is 0 Å². The summed E-state index contributed by atoms with van der Waals surface area (Å²) < 4.78 is 0. The second-order valence-corrected chi connectivity index (χ2v) is 12.6. The van der Waals surface area contributed by atoms with Crippen molar-refractivity contribution in [3.63, 3.8) is 0 Å². The predicted molar refractivity (Wildman–Crippen MR) is 137 cm³/mol. The van der Waals surface area contributed by atoms with Crippen LogP contribution in [0.3, 0.4) is 0 Å². The second-order valence-electron chi connectivity index (χ2n) is 12.6. The van der Waals surface area contributed by atoms with Crippen LogP contribution < -0.4 is 10.6 Å². The van der Waals surface area contributed by atoms with Gasteiger partial charge in [-0.15, -0.1) is 0 Å². The van der Waals surface area contributed by atoms with Crippen molar-refractivity contribution >= 4 is 5.91 Å². The van der Waals surface area contributed by atoms with Gasteiger partial charge < -0.3 is 10.6 Å². The highest BCUT2D eigenvalue weighted by molar-refractivity contribution is 5.95. The molecule has 0 radical (unpaired) electrons. The molecule has 32 heavy (non-hydrogen) atoms. The SMILES string of the molecule is C=C(/C=C/C(=C)C(=O)NC1CC(C)(C)N(C)C(C)(C)C1)NC1CC(C)(C)N(C)C(C)(C)C1. The third kappa shape index (κ3) is 6.05. The summed E-state index contributed by atoms with van der Waals surface area (Å²) >= 11 is 0. The Morgan fingerprint density at radius 2 is 1.06 bits per heavy atom. The van der Waals surface area contributed by atoms with E-state index in [0.717, 1.165) is 31.4 Å². The van der Waals surface area contributed by atoms with Gasteiger partial charge in [-0.3, -0.25) is 14.6 Å². The summed E-state index contributed by atoms with van der Waals surface area (Å²) in [4.78, 5) is 17.7. The Labute approximate surface area is 197 Å². The Morgan fingerprint density at radius 3 is 1.44 bits per heavy atom. The molecule has 2 saturated heterocycles. The van der Waals surface area contributed by atoms with Crippen molar-refractivity contribution in [2.45, 2.75) is 115 Å². The molecule has 0 saturated carbocycles. The smallest absolute Gasteiger partial charge is 0.250 e. The third-order valence-electron chi connectivity index (χ3n) is 8.12. The van der Waals surface area contributed by atoms with Gasteiger partial charge in [-0.1, -0.05) is 13.2 Å². The molecule has 2 heterocycles. The molecule has 0 aromatic heterocycles. The van der Waals surface area contributed by atoms with Crippen LogP contribution in [0.1, 0.15) is 81.1 Å². The summed E-state index contributed by atoms with van der Waals surface area (Å²) in [5, 5.41) is 6.78. The van der Waals surface area contributed by atoms with E-state index in [1.54, 1.807) is 6.08 Å². The monoisotopic (exact) mass is 444 g/mol. The number of carbonyl (C=O) groups excluding carboxylic acids is 1. The maximum absolute atomic E-state index is 12.8. The zero-order chi connectivity index (χ0) is 24.7. The van der Waals surface area contributed by atoms with Crippen molar-refractivity contribution in [2.24, 2.45) is 0 Å². The van der Waals surface area contributed by atoms with Gasteiger partial charge in [-0.25, -0.2) is 0 Å². The van der Waals surface area contributed by atoms with Gasteiger partial charge in [-0.2, -0.15) is 0 Å². The molecule has 0 atom stereocenters. The highest BCUT2D eigenvalue weighted by Crippen LogP contribution is 2.38. The standard InChI is InChI=1S/C27H48N4O/c1-19(23(32)29-22-17-26(7,8)31(12)27(9,10)18-22)13-14-20(2)28-21-15-24(3,4)30(11)25(5,6)16-21/h13-14,21-22,28H,1-2,15-18H2,3-12H3,(H,29,32)/b14-13+. The molecule has 2 fully saturated rings. The summed E-state index contributed by atoms with van der Waals surface area (Å²) in [5.74, 6) is -0.100. The number of hydrogen-bond acceptors (Lipinski definition) is 4. The van der Waals surface area contributed by atoms with Crippen LogP contribution in [0, 0.1) is 0 Å². The van der Waals surface area contributed by atoms with Gasteiger partial charge in [0.1, 0.15) is 0 Å². The topological polar surface area (TPSA) is 47.6 Å². The number of hydrogen-bond donors (Lipinski definition) is 2. The van der Waals surface area contributed by atoms with E-state index in [2.05, 4.69) is 103 Å². The predicted octanol–water partition coefficient (Wildman–Crippen LogP) is 4.62. The number of nitrogens with zero attached hydrogens (tertiary/aromatic N) is 2. The summed E-state index contributed by atoms with van der Waals surface area (Å²) in [6, 6.07) is 0.484. The molecule has 2 rings (SSSR count). The van der Waals surface area contributed by atoms with Crippen LogP contribution in [0.2, 0.25) is 0 Å². The molecule has 1 amide bonds. The van der Waals surface area contributed by atoms with Gasteiger partial charge in [0.05, 0.1) is 0 Å². The molecule has 0 aromatic rings. The molecule has 2 aliphatic rings. The van der Waals surface area contributed by atoms with Crippen LogP contribution in [-0.2, 0) is 4.79 Å². The van der Waals surface area contributed by atoms with E-state index in [-0.39, 0.29) is 34.1 Å². The van der Waals surface area contributed by atoms with E-state index in [0.29, 0.717) is 11.6 Å². The minimum absolute atomic E-state index is 0.0324. The minimum atomic E-state index is -0.100. The number of piperidine rings is 2. The maximum Gasteiger partial charge on any atom is 0.250 e. The van der Waals surface area contributed by atoms with E-state index in [9.17, 15) is 4.79 Å². The molecular formula is C27H48N4O. The summed E-state index contributed by atoms with van der Waals surface area (Å²) in [6.07, 6.45) is 7.59. The van der Waals surface area contributed by atoms with E-state index in [1.165, 1.54) is 0 Å². The molecule has 5 heteroatoms. The normalized spacial score (nSPS) is 26.1. The Morgan fingerprint density at radius 1 is 0.719 bits per heavy atom. The lowest BCUT2D eigenvalue weighted by atomic mass is 9.77. The molecule has 0 spiro atoms. The molecule has 5 nitrogen and oxygen atoms in total. The summed E-state index contributed by atoms with van der Waals surface area (Å²) in [7, 11) is 4.38. The Kier molecular flexibility index (Phi) is 7.48. The Balaban J connectivity index is 1.93. The van der Waals surface area contributed by atoms with Crippen LogP contribution in [0.4, 0.5) is 0 Å². The zero-order valence-corrected chi connectivity index (χ0v) is 22.4. The van der Waals surface area contributed by atoms with Crippen LogP contribution in [0.5, 0.6) is 0 Å². The van der Waals surface area contributed by atoms with Crippen molar-refractivity contribution in [1.82, 2.24) is 20.4 Å². The highest BCUT2D eigenvalue weighted by Gasteiger charge is 2.44. The molecule has 182 valence electrons. The fraction of sp³-hybridized carbons (Fsp3) is 0.741. The number of likely N-dealkylation sites (tertiary alicyclic amines) is 2. The maximum atomic E-state index is 12.8. The molecule has 2 N–H and O–H groups in total. The molecule has 2 aliphatic heterocycles. The van der Waals surface area contributed by atoms with Crippen LogP contribution in [-0.4, -0.2) is 64.0 Å². The first-order chi connectivity index (χ1) is 14.4. The zero-order valence-electron chi connectivity index (χ0n) is 22.4. The second kappa shape index (κ2) is 8.98. The van der Waals surface area contributed by atoms with Gasteiger partial charge in [0.15, 0.2) is 0 Å². The van der Waals surface area contributed by atoms with Crippen molar-refractivity contribution < 1.29 is 4.79 Å². The van der Waals surface area contributed by atoms with E-state index >= 15 is 0 Å². The average molecular weight is 445 g/mol. The summed E-state index contributed by atoms with van der Waals surface area (Å²) in [5.41, 5.74) is 1.58.